The summed E-state index contributed by atoms with van der Waals surface area (Å²) in [7, 11) is 0. The van der Waals surface area contributed by atoms with E-state index in [4.69, 9.17) is 0 Å². The quantitative estimate of drug-likeness (QED) is 0.156. The largest absolute Gasteiger partial charge is 0.343 e. The summed E-state index contributed by atoms with van der Waals surface area (Å²) in [6.45, 7) is 1.73. The molecule has 3 amide bonds. The molecule has 0 spiro atoms. The van der Waals surface area contributed by atoms with Gasteiger partial charge in [-0.1, -0.05) is 72.8 Å². The lowest BCUT2D eigenvalue weighted by Crippen LogP contribution is -2.71. The summed E-state index contributed by atoms with van der Waals surface area (Å²) in [6, 6.07) is 27.8. The monoisotopic (exact) mass is 677 g/mol. The van der Waals surface area contributed by atoms with E-state index in [1.54, 1.807) is 17.0 Å². The fraction of sp³-hybridized carbons (Fsp3) is 0.350. The Labute approximate surface area is 292 Å². The minimum Gasteiger partial charge on any atom is -0.343 e. The molecule has 4 atom stereocenters. The van der Waals surface area contributed by atoms with Crippen LogP contribution in [0.5, 0.6) is 0 Å². The van der Waals surface area contributed by atoms with Crippen molar-refractivity contribution in [1.82, 2.24) is 20.9 Å². The van der Waals surface area contributed by atoms with Crippen molar-refractivity contribution < 1.29 is 23.6 Å². The maximum Gasteiger partial charge on any atom is 0.246 e. The molecule has 2 saturated heterocycles. The van der Waals surface area contributed by atoms with Crippen LogP contribution in [0, 0.1) is 11.7 Å². The maximum absolute atomic E-state index is 15.0. The van der Waals surface area contributed by atoms with E-state index in [1.807, 2.05) is 66.7 Å². The van der Waals surface area contributed by atoms with Crippen LogP contribution in [-0.4, -0.2) is 72.7 Å². The average molecular weight is 678 g/mol. The summed E-state index contributed by atoms with van der Waals surface area (Å²) in [5.41, 5.74) is 1.10. The van der Waals surface area contributed by atoms with E-state index >= 15 is 0 Å². The molecule has 0 radical (unpaired) electrons. The Kier molecular flexibility index (Phi) is 11.3. The molecular formula is C40H44FN5O4. The maximum atomic E-state index is 15.0. The van der Waals surface area contributed by atoms with E-state index in [0.717, 1.165) is 29.0 Å². The first-order valence-corrected chi connectivity index (χ1v) is 17.4. The van der Waals surface area contributed by atoms with Gasteiger partial charge in [0.25, 0.3) is 0 Å². The first-order chi connectivity index (χ1) is 24.4. The zero-order valence-electron chi connectivity index (χ0n) is 28.1. The van der Waals surface area contributed by atoms with Gasteiger partial charge in [0, 0.05) is 38.2 Å². The van der Waals surface area contributed by atoms with Crippen LogP contribution in [-0.2, 0) is 32.0 Å². The number of anilines is 1. The van der Waals surface area contributed by atoms with Crippen molar-refractivity contribution in [1.29, 1.82) is 0 Å². The lowest BCUT2D eigenvalue weighted by molar-refractivity contribution is -0.150. The van der Waals surface area contributed by atoms with Crippen LogP contribution in [0.1, 0.15) is 36.8 Å². The second kappa shape index (κ2) is 16.2. The third-order valence-corrected chi connectivity index (χ3v) is 10.0. The second-order valence-electron chi connectivity index (χ2n) is 13.3. The minimum atomic E-state index is -1.13. The van der Waals surface area contributed by atoms with Gasteiger partial charge in [0.15, 0.2) is 0 Å². The van der Waals surface area contributed by atoms with Gasteiger partial charge in [-0.2, -0.15) is 0 Å². The van der Waals surface area contributed by atoms with Gasteiger partial charge in [-0.05, 0) is 78.4 Å². The third kappa shape index (κ3) is 8.09. The highest BCUT2D eigenvalue weighted by Gasteiger charge is 2.51. The third-order valence-electron chi connectivity index (χ3n) is 10.0. The molecule has 4 aromatic carbocycles. The Hall–Kier alpha value is -4.93. The molecule has 2 heterocycles. The normalized spacial score (nSPS) is 20.2. The molecule has 2 aliphatic heterocycles. The smallest absolute Gasteiger partial charge is 0.246 e. The van der Waals surface area contributed by atoms with Gasteiger partial charge in [-0.15, -0.1) is 0 Å². The highest BCUT2D eigenvalue weighted by Crippen LogP contribution is 2.36. The number of fused-ring (bicyclic) bond motifs is 1. The molecule has 50 heavy (non-hydrogen) atoms. The van der Waals surface area contributed by atoms with Crippen molar-refractivity contribution in [3.05, 3.63) is 114 Å². The number of piperazine rings is 1. The Balaban J connectivity index is 1.41. The zero-order chi connectivity index (χ0) is 34.9. The summed E-state index contributed by atoms with van der Waals surface area (Å²) in [5, 5.41) is 14.9. The topological polar surface area (TPSA) is 120 Å². The van der Waals surface area contributed by atoms with Gasteiger partial charge in [0.1, 0.15) is 18.1 Å². The van der Waals surface area contributed by atoms with Crippen molar-refractivity contribution in [2.45, 2.75) is 56.1 Å². The molecular weight excluding hydrogens is 633 g/mol. The number of halogens is 1. The van der Waals surface area contributed by atoms with E-state index in [0.29, 0.717) is 37.2 Å². The molecule has 2 aliphatic rings. The second-order valence-corrected chi connectivity index (χ2v) is 13.3. The lowest BCUT2D eigenvalue weighted by Gasteiger charge is -2.52. The number of carbonyl (C=O) groups is 4. The number of carbonyl (C=O) groups excluding carboxylic acids is 4. The minimum absolute atomic E-state index is 0.124. The van der Waals surface area contributed by atoms with Crippen LogP contribution >= 0.6 is 0 Å². The number of nitrogens with zero attached hydrogens (tertiary/aromatic N) is 1. The molecule has 6 rings (SSSR count). The summed E-state index contributed by atoms with van der Waals surface area (Å²) in [5.74, 6) is -2.06. The van der Waals surface area contributed by atoms with Crippen molar-refractivity contribution in [2.75, 3.05) is 31.5 Å². The fourth-order valence-corrected chi connectivity index (χ4v) is 7.47. The number of rotatable bonds is 13. The standard InChI is InChI=1S/C40H44FN5O4/c41-32-17-14-28(15-18-32)26-36(45-38(49)35-12-6-20-43-35)39(50)46-22-21-42-27-40(46,19-7-23-47)34(37(48)44-33-10-2-1-3-11-33)25-29-13-16-30-8-4-5-9-31(30)24-29/h1-5,8-11,13-18,23-24,34-36,42-43H,6-7,12,19-22,25-27H2,(H,44,48)(H,45,49). The molecule has 4 aromatic rings. The Bertz CT molecular complexity index is 1800. The molecule has 0 aromatic heterocycles. The average Bonchev–Trinajstić information content (AvgIpc) is 3.69. The molecule has 260 valence electrons. The van der Waals surface area contributed by atoms with Crippen molar-refractivity contribution in [2.24, 2.45) is 5.92 Å². The number of hydrogen-bond donors (Lipinski definition) is 4. The fourth-order valence-electron chi connectivity index (χ4n) is 7.47. The van der Waals surface area contributed by atoms with E-state index in [1.165, 1.54) is 12.1 Å². The number of aldehydes is 1. The SMILES string of the molecule is O=CCCC1(C(Cc2ccc3ccccc3c2)C(=O)Nc2ccccc2)CNCCN1C(=O)C(Cc1ccc(F)cc1)NC(=O)C1CCCN1. The highest BCUT2D eigenvalue weighted by molar-refractivity contribution is 5.95. The number of nitrogens with one attached hydrogen (secondary N) is 4. The molecule has 4 unspecified atom stereocenters. The Morgan fingerprint density at radius 2 is 1.64 bits per heavy atom. The van der Waals surface area contributed by atoms with E-state index in [9.17, 15) is 23.6 Å². The van der Waals surface area contributed by atoms with E-state index in [-0.39, 0.29) is 50.1 Å². The number of benzene rings is 4. The van der Waals surface area contributed by atoms with Crippen LogP contribution in [0.4, 0.5) is 10.1 Å². The van der Waals surface area contributed by atoms with Crippen LogP contribution < -0.4 is 21.3 Å². The first-order valence-electron chi connectivity index (χ1n) is 17.4. The van der Waals surface area contributed by atoms with Crippen LogP contribution in [0.25, 0.3) is 10.8 Å². The van der Waals surface area contributed by atoms with E-state index in [2.05, 4.69) is 27.3 Å². The van der Waals surface area contributed by atoms with Gasteiger partial charge in [-0.25, -0.2) is 4.39 Å². The highest BCUT2D eigenvalue weighted by atomic mass is 19.1. The number of hydrogen-bond acceptors (Lipinski definition) is 6. The van der Waals surface area contributed by atoms with Gasteiger partial charge in [0.05, 0.1) is 17.5 Å². The van der Waals surface area contributed by atoms with Crippen molar-refractivity contribution >= 4 is 40.5 Å². The molecule has 2 fully saturated rings. The molecule has 0 saturated carbocycles. The van der Waals surface area contributed by atoms with E-state index < -0.39 is 29.4 Å². The van der Waals surface area contributed by atoms with Gasteiger partial charge in [0.2, 0.25) is 17.7 Å². The molecule has 0 bridgehead atoms. The van der Waals surface area contributed by atoms with Crippen LogP contribution in [0.3, 0.4) is 0 Å². The summed E-state index contributed by atoms with van der Waals surface area (Å²) >= 11 is 0. The van der Waals surface area contributed by atoms with Gasteiger partial charge in [-0.3, -0.25) is 14.4 Å². The van der Waals surface area contributed by atoms with Crippen LogP contribution in [0.2, 0.25) is 0 Å². The van der Waals surface area contributed by atoms with Crippen molar-refractivity contribution in [3.8, 4) is 0 Å². The molecule has 4 N–H and O–H groups in total. The summed E-state index contributed by atoms with van der Waals surface area (Å²) in [4.78, 5) is 56.8. The molecule has 10 heteroatoms. The van der Waals surface area contributed by atoms with Gasteiger partial charge < -0.3 is 31.0 Å². The molecule has 9 nitrogen and oxygen atoms in total. The Morgan fingerprint density at radius 1 is 0.900 bits per heavy atom. The summed E-state index contributed by atoms with van der Waals surface area (Å²) in [6.07, 6.45) is 3.13. The number of para-hydroxylation sites is 1. The van der Waals surface area contributed by atoms with Crippen LogP contribution in [0.15, 0.2) is 97.1 Å². The zero-order valence-corrected chi connectivity index (χ0v) is 28.1. The Morgan fingerprint density at radius 3 is 2.38 bits per heavy atom. The number of amides is 3. The van der Waals surface area contributed by atoms with Gasteiger partial charge >= 0.3 is 0 Å². The van der Waals surface area contributed by atoms with Crippen molar-refractivity contribution in [3.63, 3.8) is 0 Å². The molecule has 0 aliphatic carbocycles. The summed E-state index contributed by atoms with van der Waals surface area (Å²) < 4.78 is 13.9. The first kappa shape index (κ1) is 34.9. The predicted octanol–water partition coefficient (Wildman–Crippen LogP) is 4.41. The predicted molar refractivity (Wildman–Crippen MR) is 192 cm³/mol. The lowest BCUT2D eigenvalue weighted by atomic mass is 9.73.